The number of aromatic nitrogens is 3. The van der Waals surface area contributed by atoms with E-state index < -0.39 is 40.8 Å². The fourth-order valence-electron chi connectivity index (χ4n) is 3.69. The third-order valence-electron chi connectivity index (χ3n) is 5.29. The van der Waals surface area contributed by atoms with E-state index in [1.165, 1.54) is 40.9 Å². The Hall–Kier alpha value is -3.19. The van der Waals surface area contributed by atoms with Crippen LogP contribution in [0.4, 0.5) is 5.13 Å². The molecule has 2 aromatic heterocycles. The first-order valence-electron chi connectivity index (χ1n) is 12.0. The molecule has 1 saturated heterocycles. The highest BCUT2D eigenvalue weighted by molar-refractivity contribution is 8.01. The van der Waals surface area contributed by atoms with Crippen LogP contribution < -0.4 is 11.1 Å². The number of amides is 2. The van der Waals surface area contributed by atoms with Gasteiger partial charge in [-0.15, -0.1) is 22.0 Å². The second-order valence-electron chi connectivity index (χ2n) is 9.49. The Morgan fingerprint density at radius 1 is 1.38 bits per heavy atom. The summed E-state index contributed by atoms with van der Waals surface area (Å²) in [6.07, 6.45) is 2.32. The number of nitrogens with zero attached hydrogens (tertiary/aromatic N) is 5. The minimum atomic E-state index is -1.25. The van der Waals surface area contributed by atoms with E-state index in [4.69, 9.17) is 26.9 Å². The van der Waals surface area contributed by atoms with Crippen molar-refractivity contribution in [2.75, 3.05) is 17.2 Å². The smallest absolute Gasteiger partial charge is 0.352 e. The SMILES string of the molecule is CC(C)(C)OC(=O)CC=CO/N=C(\C(=O)NC1C(=O)N2C(C(=O)O)=C(CSc3nncs3)CS[C@H]12)c1nc(N)sc1Cl. The Morgan fingerprint density at radius 3 is 2.76 bits per heavy atom. The Kier molecular flexibility index (Phi) is 10.1. The van der Waals surface area contributed by atoms with E-state index in [1.54, 1.807) is 26.3 Å². The van der Waals surface area contributed by atoms with Crippen molar-refractivity contribution in [3.05, 3.63) is 39.1 Å². The Balaban J connectivity index is 1.46. The number of carboxylic acids is 1. The molecule has 1 fully saturated rings. The van der Waals surface area contributed by atoms with Crippen molar-refractivity contribution < 1.29 is 33.9 Å². The fourth-order valence-corrected chi connectivity index (χ4v) is 7.59. The highest BCUT2D eigenvalue weighted by Crippen LogP contribution is 2.41. The summed E-state index contributed by atoms with van der Waals surface area (Å²) in [6.45, 7) is 5.21. The summed E-state index contributed by atoms with van der Waals surface area (Å²) >= 11 is 11.1. The van der Waals surface area contributed by atoms with Gasteiger partial charge < -0.3 is 25.7 Å². The van der Waals surface area contributed by atoms with Crippen molar-refractivity contribution in [3.8, 4) is 0 Å². The highest BCUT2D eigenvalue weighted by Gasteiger charge is 2.54. The topological polar surface area (TPSA) is 199 Å². The number of halogens is 1. The number of anilines is 1. The Labute approximate surface area is 260 Å². The lowest BCUT2D eigenvalue weighted by atomic mass is 10.0. The molecule has 0 aromatic carbocycles. The molecule has 0 saturated carbocycles. The number of nitrogens with two attached hydrogens (primary N) is 1. The Bertz CT molecular complexity index is 1470. The van der Waals surface area contributed by atoms with Crippen LogP contribution in [-0.2, 0) is 28.8 Å². The van der Waals surface area contributed by atoms with Crippen LogP contribution in [0, 0.1) is 0 Å². The van der Waals surface area contributed by atoms with Gasteiger partial charge in [0.1, 0.15) is 44.5 Å². The van der Waals surface area contributed by atoms with Crippen LogP contribution in [0.2, 0.25) is 4.34 Å². The maximum absolute atomic E-state index is 13.3. The molecule has 1 unspecified atom stereocenters. The van der Waals surface area contributed by atoms with Crippen LogP contribution in [0.15, 0.2) is 38.6 Å². The molecule has 42 heavy (non-hydrogen) atoms. The summed E-state index contributed by atoms with van der Waals surface area (Å²) in [7, 11) is 0. The summed E-state index contributed by atoms with van der Waals surface area (Å²) in [6, 6.07) is -1.04. The lowest BCUT2D eigenvalue weighted by molar-refractivity contribution is -0.153. The average molecular weight is 674 g/mol. The second kappa shape index (κ2) is 13.4. The molecule has 4 rings (SSSR count). The van der Waals surface area contributed by atoms with Crippen LogP contribution in [0.5, 0.6) is 0 Å². The molecule has 2 aromatic rings. The zero-order valence-corrected chi connectivity index (χ0v) is 26.3. The van der Waals surface area contributed by atoms with Crippen LogP contribution in [0.1, 0.15) is 32.9 Å². The molecule has 2 aliphatic heterocycles. The van der Waals surface area contributed by atoms with Crippen molar-refractivity contribution in [1.82, 2.24) is 25.4 Å². The van der Waals surface area contributed by atoms with Gasteiger partial charge in [0.15, 0.2) is 15.2 Å². The second-order valence-corrected chi connectivity index (χ2v) is 14.3. The standard InChI is InChI=1S/C23H24ClN7O7S4/c1-23(2,3)38-11(32)5-4-6-37-30-13(12-16(24)42-21(25)28-12)17(33)27-14-18(34)31-15(20(35)36)10(7-39-19(14)31)8-40-22-29-26-9-41-22/h4,6,9,14,19H,5,7-8H2,1-3H3,(H2,25,28)(H,27,33)(H,35,36)/b6-4?,30-13-/t14?,19-/m1/s1. The van der Waals surface area contributed by atoms with Crippen LogP contribution >= 0.6 is 57.8 Å². The number of nitrogens with one attached hydrogen (secondary N) is 1. The van der Waals surface area contributed by atoms with Crippen molar-refractivity contribution in [3.63, 3.8) is 0 Å². The number of aliphatic carboxylic acids is 1. The number of carbonyl (C=O) groups is 4. The molecule has 0 bridgehead atoms. The number of β-lactam (4-membered cyclic amide) rings is 1. The number of esters is 1. The van der Waals surface area contributed by atoms with Gasteiger partial charge in [-0.3, -0.25) is 19.3 Å². The number of oxime groups is 1. The first-order chi connectivity index (χ1) is 19.9. The predicted molar refractivity (Wildman–Crippen MR) is 159 cm³/mol. The summed E-state index contributed by atoms with van der Waals surface area (Å²) in [5.74, 6) is -2.54. The number of ether oxygens (including phenoxy) is 1. The van der Waals surface area contributed by atoms with Gasteiger partial charge in [-0.2, -0.15) is 0 Å². The normalized spacial score (nSPS) is 19.0. The molecule has 2 aliphatic rings. The molecular formula is C23H24ClN7O7S4. The maximum atomic E-state index is 13.3. The van der Waals surface area contributed by atoms with Crippen molar-refractivity contribution in [2.45, 2.75) is 48.5 Å². The van der Waals surface area contributed by atoms with E-state index in [0.717, 1.165) is 22.5 Å². The third-order valence-corrected chi connectivity index (χ3v) is 9.66. The van der Waals surface area contributed by atoms with Crippen molar-refractivity contribution >= 4 is 92.4 Å². The molecule has 224 valence electrons. The number of hydrogen-bond acceptors (Lipinski definition) is 15. The largest absolute Gasteiger partial charge is 0.477 e. The monoisotopic (exact) mass is 673 g/mol. The third kappa shape index (κ3) is 7.60. The molecule has 4 heterocycles. The van der Waals surface area contributed by atoms with Gasteiger partial charge in [-0.05, 0) is 32.4 Å². The summed E-state index contributed by atoms with van der Waals surface area (Å²) in [5.41, 5.74) is 6.66. The minimum Gasteiger partial charge on any atom is -0.477 e. The number of nitrogen functional groups attached to an aromatic ring is 1. The Morgan fingerprint density at radius 2 is 2.14 bits per heavy atom. The molecular weight excluding hydrogens is 650 g/mol. The number of hydrogen-bond donors (Lipinski definition) is 3. The van der Waals surface area contributed by atoms with E-state index in [1.807, 2.05) is 0 Å². The molecule has 0 spiro atoms. The van der Waals surface area contributed by atoms with E-state index in [0.29, 0.717) is 21.4 Å². The average Bonchev–Trinajstić information content (AvgIpc) is 3.55. The van der Waals surface area contributed by atoms with E-state index in [-0.39, 0.29) is 33.0 Å². The molecule has 2 atom stereocenters. The zero-order chi connectivity index (χ0) is 30.6. The molecule has 4 N–H and O–H groups in total. The predicted octanol–water partition coefficient (Wildman–Crippen LogP) is 2.73. The minimum absolute atomic E-state index is 0.0602. The van der Waals surface area contributed by atoms with Crippen LogP contribution in [0.3, 0.4) is 0 Å². The van der Waals surface area contributed by atoms with Gasteiger partial charge in [0, 0.05) is 11.5 Å². The fraction of sp³-hybridized carbons (Fsp3) is 0.391. The summed E-state index contributed by atoms with van der Waals surface area (Å²) < 4.78 is 5.93. The first-order valence-corrected chi connectivity index (χ1v) is 16.1. The van der Waals surface area contributed by atoms with Gasteiger partial charge in [0.25, 0.3) is 11.8 Å². The van der Waals surface area contributed by atoms with Gasteiger partial charge in [0.2, 0.25) is 0 Å². The van der Waals surface area contributed by atoms with Gasteiger partial charge in [-0.25, -0.2) is 9.78 Å². The summed E-state index contributed by atoms with van der Waals surface area (Å²) in [4.78, 5) is 60.7. The summed E-state index contributed by atoms with van der Waals surface area (Å²) in [5, 5.41) is 23.4. The number of fused-ring (bicyclic) bond motifs is 1. The van der Waals surface area contributed by atoms with E-state index >= 15 is 0 Å². The van der Waals surface area contributed by atoms with E-state index in [2.05, 4.69) is 25.7 Å². The van der Waals surface area contributed by atoms with Gasteiger partial charge >= 0.3 is 11.9 Å². The number of thioether (sulfide) groups is 2. The molecule has 0 aliphatic carbocycles. The number of carboxylic acid groups (broad SMARTS) is 1. The number of thiazole rings is 1. The van der Waals surface area contributed by atoms with Crippen molar-refractivity contribution in [1.29, 1.82) is 0 Å². The van der Waals surface area contributed by atoms with Crippen molar-refractivity contribution in [2.24, 2.45) is 5.16 Å². The molecule has 14 nitrogen and oxygen atoms in total. The van der Waals surface area contributed by atoms with Crippen LogP contribution in [0.25, 0.3) is 0 Å². The number of carbonyl (C=O) groups excluding carboxylic acids is 3. The maximum Gasteiger partial charge on any atom is 0.352 e. The van der Waals surface area contributed by atoms with Gasteiger partial charge in [-0.1, -0.05) is 51.2 Å². The molecule has 19 heteroatoms. The lowest BCUT2D eigenvalue weighted by Crippen LogP contribution is -2.71. The number of rotatable bonds is 11. The zero-order valence-electron chi connectivity index (χ0n) is 22.2. The quantitative estimate of drug-likeness (QED) is 0.0786. The van der Waals surface area contributed by atoms with E-state index in [9.17, 15) is 24.3 Å². The lowest BCUT2D eigenvalue weighted by Gasteiger charge is -2.49. The first kappa shape index (κ1) is 31.7. The van der Waals surface area contributed by atoms with Crippen LogP contribution in [-0.4, -0.2) is 83.2 Å². The highest BCUT2D eigenvalue weighted by atomic mass is 35.5. The molecule has 0 radical (unpaired) electrons. The molecule has 2 amide bonds. The van der Waals surface area contributed by atoms with Gasteiger partial charge in [0.05, 0.1) is 6.42 Å².